The highest BCUT2D eigenvalue weighted by Crippen LogP contribution is 2.21. The van der Waals surface area contributed by atoms with E-state index in [4.69, 9.17) is 0 Å². The molecule has 2 rings (SSSR count). The normalized spacial score (nSPS) is 12.8. The van der Waals surface area contributed by atoms with Crippen LogP contribution in [-0.4, -0.2) is 34.1 Å². The van der Waals surface area contributed by atoms with Crippen LogP contribution in [0.25, 0.3) is 10.9 Å². The molecule has 1 heterocycles. The summed E-state index contributed by atoms with van der Waals surface area (Å²) in [5.41, 5.74) is 1.30. The fourth-order valence-electron chi connectivity index (χ4n) is 2.48. The van der Waals surface area contributed by atoms with Crippen molar-refractivity contribution in [1.82, 2.24) is 9.88 Å². The Balaban J connectivity index is 1.98. The van der Waals surface area contributed by atoms with Crippen molar-refractivity contribution < 1.29 is 14.7 Å². The van der Waals surface area contributed by atoms with E-state index in [1.54, 1.807) is 6.07 Å². The Kier molecular flexibility index (Phi) is 5.85. The second-order valence-corrected chi connectivity index (χ2v) is 7.33. The average molecular weight is 345 g/mol. The smallest absolute Gasteiger partial charge is 0.313 e. The van der Waals surface area contributed by atoms with Gasteiger partial charge in [-0.15, -0.1) is 0 Å². The van der Waals surface area contributed by atoms with E-state index in [2.05, 4.69) is 22.1 Å². The van der Waals surface area contributed by atoms with E-state index < -0.39 is 17.9 Å². The highest BCUT2D eigenvalue weighted by Gasteiger charge is 2.23. The third-order valence-corrected chi connectivity index (χ3v) is 4.16. The largest absolute Gasteiger partial charge is 0.391 e. The van der Waals surface area contributed by atoms with Gasteiger partial charge in [0.05, 0.1) is 6.10 Å². The molecule has 1 unspecified atom stereocenters. The number of amides is 2. The Hall–Kier alpha value is -2.34. The zero-order valence-electron chi connectivity index (χ0n) is 15.3. The fourth-order valence-corrected chi connectivity index (χ4v) is 2.48. The van der Waals surface area contributed by atoms with Gasteiger partial charge in [0.2, 0.25) is 0 Å². The maximum atomic E-state index is 12.0. The van der Waals surface area contributed by atoms with Crippen LogP contribution < -0.4 is 10.6 Å². The van der Waals surface area contributed by atoms with Crippen LogP contribution in [0.3, 0.4) is 0 Å². The molecule has 2 amide bonds. The Morgan fingerprint density at radius 1 is 1.20 bits per heavy atom. The summed E-state index contributed by atoms with van der Waals surface area (Å²) < 4.78 is 2.15. The molecule has 0 bridgehead atoms. The van der Waals surface area contributed by atoms with Gasteiger partial charge in [0, 0.05) is 35.9 Å². The first-order valence-corrected chi connectivity index (χ1v) is 8.58. The van der Waals surface area contributed by atoms with Crippen LogP contribution in [-0.2, 0) is 16.1 Å². The first-order chi connectivity index (χ1) is 11.7. The van der Waals surface area contributed by atoms with E-state index in [0.717, 1.165) is 23.9 Å². The lowest BCUT2D eigenvalue weighted by molar-refractivity contribution is -0.136. The van der Waals surface area contributed by atoms with Crippen molar-refractivity contribution in [1.29, 1.82) is 0 Å². The van der Waals surface area contributed by atoms with Gasteiger partial charge >= 0.3 is 11.8 Å². The number of aromatic nitrogens is 1. The number of hydrogen-bond donors (Lipinski definition) is 3. The molecule has 136 valence electrons. The van der Waals surface area contributed by atoms with Gasteiger partial charge in [-0.25, -0.2) is 0 Å². The molecule has 0 aliphatic heterocycles. The van der Waals surface area contributed by atoms with Crippen molar-refractivity contribution in [2.24, 2.45) is 5.41 Å². The number of nitrogens with one attached hydrogen (secondary N) is 2. The molecule has 6 nitrogen and oxygen atoms in total. The molecular weight excluding hydrogens is 318 g/mol. The van der Waals surface area contributed by atoms with Crippen LogP contribution in [0.4, 0.5) is 5.69 Å². The Bertz CT molecular complexity index is 759. The molecule has 0 aliphatic carbocycles. The van der Waals surface area contributed by atoms with Gasteiger partial charge < -0.3 is 20.3 Å². The van der Waals surface area contributed by atoms with Gasteiger partial charge in [-0.1, -0.05) is 27.7 Å². The SMILES string of the molecule is CCCn1ccc2cc(NC(=O)C(=O)NCC(O)C(C)(C)C)ccc21. The van der Waals surface area contributed by atoms with Crippen LogP contribution in [0.5, 0.6) is 0 Å². The third kappa shape index (κ3) is 4.82. The van der Waals surface area contributed by atoms with Gasteiger partial charge in [-0.3, -0.25) is 9.59 Å². The zero-order chi connectivity index (χ0) is 18.6. The van der Waals surface area contributed by atoms with Gasteiger partial charge in [-0.2, -0.15) is 0 Å². The predicted octanol–water partition coefficient (Wildman–Crippen LogP) is 2.51. The number of hydrogen-bond acceptors (Lipinski definition) is 3. The molecule has 0 saturated heterocycles. The lowest BCUT2D eigenvalue weighted by Crippen LogP contribution is -2.43. The van der Waals surface area contributed by atoms with E-state index >= 15 is 0 Å². The molecule has 1 atom stereocenters. The number of rotatable bonds is 5. The van der Waals surface area contributed by atoms with Crippen molar-refractivity contribution in [2.45, 2.75) is 46.8 Å². The summed E-state index contributed by atoms with van der Waals surface area (Å²) in [6.07, 6.45) is 2.34. The van der Waals surface area contributed by atoms with E-state index in [0.29, 0.717) is 5.69 Å². The summed E-state index contributed by atoms with van der Waals surface area (Å²) in [4.78, 5) is 23.9. The fraction of sp³-hybridized carbons (Fsp3) is 0.474. The zero-order valence-corrected chi connectivity index (χ0v) is 15.3. The number of aliphatic hydroxyl groups is 1. The maximum Gasteiger partial charge on any atom is 0.313 e. The predicted molar refractivity (Wildman–Crippen MR) is 99.3 cm³/mol. The molecule has 1 aromatic heterocycles. The quantitative estimate of drug-likeness (QED) is 0.728. The minimum Gasteiger partial charge on any atom is -0.391 e. The van der Waals surface area contributed by atoms with Crippen LogP contribution in [0.15, 0.2) is 30.5 Å². The summed E-state index contributed by atoms with van der Waals surface area (Å²) in [6.45, 7) is 8.69. The number of carbonyl (C=O) groups is 2. The van der Waals surface area contributed by atoms with Crippen molar-refractivity contribution in [3.8, 4) is 0 Å². The van der Waals surface area contributed by atoms with Gasteiger partial charge in [0.1, 0.15) is 0 Å². The first kappa shape index (κ1) is 19.0. The van der Waals surface area contributed by atoms with Crippen molar-refractivity contribution in [3.05, 3.63) is 30.5 Å². The molecule has 25 heavy (non-hydrogen) atoms. The minimum atomic E-state index is -0.757. The highest BCUT2D eigenvalue weighted by molar-refractivity contribution is 6.39. The number of carbonyl (C=O) groups excluding carboxylic acids is 2. The second-order valence-electron chi connectivity index (χ2n) is 7.33. The Morgan fingerprint density at radius 2 is 1.92 bits per heavy atom. The molecule has 0 radical (unpaired) electrons. The number of anilines is 1. The van der Waals surface area contributed by atoms with Gasteiger partial charge in [-0.05, 0) is 36.1 Å². The highest BCUT2D eigenvalue weighted by atomic mass is 16.3. The Labute approximate surface area is 148 Å². The summed E-state index contributed by atoms with van der Waals surface area (Å²) in [7, 11) is 0. The Morgan fingerprint density at radius 3 is 2.56 bits per heavy atom. The number of aryl methyl sites for hydroxylation is 1. The van der Waals surface area contributed by atoms with Crippen molar-refractivity contribution in [3.63, 3.8) is 0 Å². The summed E-state index contributed by atoms with van der Waals surface area (Å²) in [5.74, 6) is -1.50. The standard InChI is InChI=1S/C19H27N3O3/c1-5-9-22-10-8-13-11-14(6-7-15(13)22)21-18(25)17(24)20-12-16(23)19(2,3)4/h6-8,10-11,16,23H,5,9,12H2,1-4H3,(H,20,24)(H,21,25). The average Bonchev–Trinajstić information content (AvgIpc) is 2.94. The van der Waals surface area contributed by atoms with Crippen molar-refractivity contribution in [2.75, 3.05) is 11.9 Å². The van der Waals surface area contributed by atoms with Gasteiger partial charge in [0.25, 0.3) is 0 Å². The summed E-state index contributed by atoms with van der Waals surface area (Å²) >= 11 is 0. The molecule has 2 aromatic rings. The van der Waals surface area contributed by atoms with Gasteiger partial charge in [0.15, 0.2) is 0 Å². The van der Waals surface area contributed by atoms with E-state index in [9.17, 15) is 14.7 Å². The molecule has 0 aliphatic rings. The monoisotopic (exact) mass is 345 g/mol. The minimum absolute atomic E-state index is 0.0364. The van der Waals surface area contributed by atoms with Crippen LogP contribution in [0, 0.1) is 5.41 Å². The molecule has 0 fully saturated rings. The molecule has 1 aromatic carbocycles. The van der Waals surface area contributed by atoms with E-state index in [1.807, 2.05) is 45.2 Å². The number of benzene rings is 1. The van der Waals surface area contributed by atoms with E-state index in [-0.39, 0.29) is 12.0 Å². The van der Waals surface area contributed by atoms with E-state index in [1.165, 1.54) is 0 Å². The first-order valence-electron chi connectivity index (χ1n) is 8.58. The number of aliphatic hydroxyl groups excluding tert-OH is 1. The second kappa shape index (κ2) is 7.70. The van der Waals surface area contributed by atoms with Crippen LogP contribution >= 0.6 is 0 Å². The molecule has 6 heteroatoms. The van der Waals surface area contributed by atoms with Crippen LogP contribution in [0.1, 0.15) is 34.1 Å². The topological polar surface area (TPSA) is 83.4 Å². The maximum absolute atomic E-state index is 12.0. The number of fused-ring (bicyclic) bond motifs is 1. The summed E-state index contributed by atoms with van der Waals surface area (Å²) in [6, 6.07) is 7.54. The molecule has 0 spiro atoms. The molecule has 3 N–H and O–H groups in total. The molecule has 0 saturated carbocycles. The number of nitrogens with zero attached hydrogens (tertiary/aromatic N) is 1. The lowest BCUT2D eigenvalue weighted by atomic mass is 9.89. The lowest BCUT2D eigenvalue weighted by Gasteiger charge is -2.25. The van der Waals surface area contributed by atoms with Crippen LogP contribution in [0.2, 0.25) is 0 Å². The molecular formula is C19H27N3O3. The summed E-state index contributed by atoms with van der Waals surface area (Å²) in [5, 5.41) is 16.0. The van der Waals surface area contributed by atoms with Crippen molar-refractivity contribution >= 4 is 28.4 Å². The third-order valence-electron chi connectivity index (χ3n) is 4.16.